The Morgan fingerprint density at radius 2 is 1.78 bits per heavy atom. The number of carbonyl (C=O) groups is 1. The monoisotopic (exact) mass is 272 g/mol. The smallest absolute Gasteiger partial charge is 0.225 e. The van der Waals surface area contributed by atoms with Crippen LogP contribution in [0.5, 0.6) is 0 Å². The molecule has 2 fully saturated rings. The minimum atomic E-state index is 0.318. The molecule has 18 heavy (non-hydrogen) atoms. The number of rotatable bonds is 3. The lowest BCUT2D eigenvalue weighted by molar-refractivity contribution is -0.136. The van der Waals surface area contributed by atoms with Crippen molar-refractivity contribution in [1.82, 2.24) is 9.80 Å². The van der Waals surface area contributed by atoms with Crippen LogP contribution in [0.2, 0.25) is 0 Å². The van der Waals surface area contributed by atoms with E-state index in [4.69, 9.17) is 11.6 Å². The van der Waals surface area contributed by atoms with Gasteiger partial charge in [-0.1, -0.05) is 19.3 Å². The fourth-order valence-electron chi connectivity index (χ4n) is 3.14. The molecule has 2 rings (SSSR count). The molecule has 4 heteroatoms. The van der Waals surface area contributed by atoms with E-state index in [2.05, 4.69) is 9.80 Å². The first-order valence-corrected chi connectivity index (χ1v) is 7.92. The maximum Gasteiger partial charge on any atom is 0.225 e. The van der Waals surface area contributed by atoms with Crippen LogP contribution in [0.3, 0.4) is 0 Å². The molecule has 0 aromatic heterocycles. The summed E-state index contributed by atoms with van der Waals surface area (Å²) >= 11 is 5.79. The lowest BCUT2D eigenvalue weighted by Crippen LogP contribution is -2.39. The van der Waals surface area contributed by atoms with E-state index in [-0.39, 0.29) is 0 Å². The van der Waals surface area contributed by atoms with E-state index in [0.29, 0.717) is 17.7 Å². The molecule has 1 heterocycles. The zero-order chi connectivity index (χ0) is 12.8. The molecule has 0 aromatic rings. The van der Waals surface area contributed by atoms with E-state index in [1.807, 2.05) is 0 Å². The molecule has 1 saturated carbocycles. The molecule has 2 aliphatic rings. The summed E-state index contributed by atoms with van der Waals surface area (Å²) in [6, 6.07) is 0. The summed E-state index contributed by atoms with van der Waals surface area (Å²) < 4.78 is 0. The summed E-state index contributed by atoms with van der Waals surface area (Å²) in [6.45, 7) is 4.86. The molecule has 1 aliphatic heterocycles. The Morgan fingerprint density at radius 3 is 2.50 bits per heavy atom. The quantitative estimate of drug-likeness (QED) is 0.737. The number of hydrogen-bond acceptors (Lipinski definition) is 2. The molecule has 0 radical (unpaired) electrons. The van der Waals surface area contributed by atoms with Crippen molar-refractivity contribution in [2.75, 3.05) is 38.6 Å². The molecule has 104 valence electrons. The minimum absolute atomic E-state index is 0.318. The molecule has 0 aromatic carbocycles. The largest absolute Gasteiger partial charge is 0.341 e. The predicted octanol–water partition coefficient (Wildman–Crippen LogP) is 2.34. The fourth-order valence-corrected chi connectivity index (χ4v) is 3.38. The van der Waals surface area contributed by atoms with Gasteiger partial charge in [0.2, 0.25) is 5.91 Å². The van der Waals surface area contributed by atoms with Gasteiger partial charge in [-0.25, -0.2) is 0 Å². The van der Waals surface area contributed by atoms with Crippen molar-refractivity contribution < 1.29 is 4.79 Å². The average molecular weight is 273 g/mol. The van der Waals surface area contributed by atoms with Gasteiger partial charge in [-0.15, -0.1) is 11.6 Å². The molecule has 0 bridgehead atoms. The first kappa shape index (κ1) is 14.1. The van der Waals surface area contributed by atoms with Crippen LogP contribution in [0.1, 0.15) is 38.5 Å². The summed E-state index contributed by atoms with van der Waals surface area (Å²) in [5, 5.41) is 0. The number of amides is 1. The highest BCUT2D eigenvalue weighted by Gasteiger charge is 2.27. The van der Waals surface area contributed by atoms with Gasteiger partial charge in [-0.2, -0.15) is 0 Å². The summed E-state index contributed by atoms with van der Waals surface area (Å²) in [5.41, 5.74) is 0. The fraction of sp³-hybridized carbons (Fsp3) is 0.929. The molecule has 1 amide bonds. The highest BCUT2D eigenvalue weighted by molar-refractivity contribution is 6.18. The van der Waals surface area contributed by atoms with Gasteiger partial charge in [0.1, 0.15) is 0 Å². The van der Waals surface area contributed by atoms with E-state index in [9.17, 15) is 4.79 Å². The second-order valence-corrected chi connectivity index (χ2v) is 5.92. The molecule has 3 nitrogen and oxygen atoms in total. The van der Waals surface area contributed by atoms with Gasteiger partial charge in [0.05, 0.1) is 0 Å². The van der Waals surface area contributed by atoms with Gasteiger partial charge < -0.3 is 9.80 Å². The summed E-state index contributed by atoms with van der Waals surface area (Å²) in [5.74, 6) is 1.43. The Kier molecular flexibility index (Phi) is 5.77. The lowest BCUT2D eigenvalue weighted by Gasteiger charge is -2.28. The van der Waals surface area contributed by atoms with Crippen molar-refractivity contribution in [3.05, 3.63) is 0 Å². The van der Waals surface area contributed by atoms with Crippen LogP contribution < -0.4 is 0 Å². The molecule has 0 unspecified atom stereocenters. The summed E-state index contributed by atoms with van der Waals surface area (Å²) in [4.78, 5) is 16.9. The van der Waals surface area contributed by atoms with Gasteiger partial charge in [0, 0.05) is 38.0 Å². The Balaban J connectivity index is 1.82. The lowest BCUT2D eigenvalue weighted by atomic mass is 9.88. The third-order valence-corrected chi connectivity index (χ3v) is 4.42. The molecule has 1 aliphatic carbocycles. The minimum Gasteiger partial charge on any atom is -0.341 e. The van der Waals surface area contributed by atoms with Crippen molar-refractivity contribution in [1.29, 1.82) is 0 Å². The third kappa shape index (κ3) is 3.86. The van der Waals surface area contributed by atoms with E-state index >= 15 is 0 Å². The van der Waals surface area contributed by atoms with Gasteiger partial charge in [0.15, 0.2) is 0 Å². The Labute approximate surface area is 115 Å². The van der Waals surface area contributed by atoms with Crippen molar-refractivity contribution >= 4 is 17.5 Å². The second-order valence-electron chi connectivity index (χ2n) is 5.54. The van der Waals surface area contributed by atoms with E-state index < -0.39 is 0 Å². The maximum absolute atomic E-state index is 12.5. The van der Waals surface area contributed by atoms with Gasteiger partial charge >= 0.3 is 0 Å². The zero-order valence-electron chi connectivity index (χ0n) is 11.2. The van der Waals surface area contributed by atoms with Gasteiger partial charge in [-0.05, 0) is 25.8 Å². The molecule has 1 saturated heterocycles. The summed E-state index contributed by atoms with van der Waals surface area (Å²) in [6.07, 6.45) is 7.11. The number of nitrogens with zero attached hydrogens (tertiary/aromatic N) is 2. The topological polar surface area (TPSA) is 23.6 Å². The van der Waals surface area contributed by atoms with Crippen LogP contribution in [-0.4, -0.2) is 54.3 Å². The number of hydrogen-bond donors (Lipinski definition) is 0. The average Bonchev–Trinajstić information content (AvgIpc) is 2.65. The van der Waals surface area contributed by atoms with Crippen LogP contribution in [0.4, 0.5) is 0 Å². The van der Waals surface area contributed by atoms with Crippen LogP contribution in [0, 0.1) is 5.92 Å². The Hall–Kier alpha value is -0.280. The van der Waals surface area contributed by atoms with E-state index in [0.717, 1.165) is 52.0 Å². The standard InChI is InChI=1S/C14H25ClN2O/c15-7-10-16-8-4-9-17(12-11-16)14(18)13-5-2-1-3-6-13/h13H,1-12H2. The molecule has 0 atom stereocenters. The molecule has 0 N–H and O–H groups in total. The number of alkyl halides is 1. The Bertz CT molecular complexity index is 267. The van der Waals surface area contributed by atoms with Crippen LogP contribution in [0.25, 0.3) is 0 Å². The van der Waals surface area contributed by atoms with Crippen molar-refractivity contribution in [3.63, 3.8) is 0 Å². The maximum atomic E-state index is 12.5. The van der Waals surface area contributed by atoms with Crippen LogP contribution >= 0.6 is 11.6 Å². The van der Waals surface area contributed by atoms with E-state index in [1.54, 1.807) is 0 Å². The van der Waals surface area contributed by atoms with E-state index in [1.165, 1.54) is 19.3 Å². The Morgan fingerprint density at radius 1 is 1.00 bits per heavy atom. The first-order chi connectivity index (χ1) is 8.81. The molecule has 0 spiro atoms. The van der Waals surface area contributed by atoms with Crippen LogP contribution in [-0.2, 0) is 4.79 Å². The molecular weight excluding hydrogens is 248 g/mol. The first-order valence-electron chi connectivity index (χ1n) is 7.38. The zero-order valence-corrected chi connectivity index (χ0v) is 12.0. The third-order valence-electron chi connectivity index (χ3n) is 4.26. The van der Waals surface area contributed by atoms with Crippen molar-refractivity contribution in [3.8, 4) is 0 Å². The van der Waals surface area contributed by atoms with Gasteiger partial charge in [0.25, 0.3) is 0 Å². The van der Waals surface area contributed by atoms with Gasteiger partial charge in [-0.3, -0.25) is 4.79 Å². The van der Waals surface area contributed by atoms with Crippen molar-refractivity contribution in [2.45, 2.75) is 38.5 Å². The molecular formula is C14H25ClN2O. The second kappa shape index (κ2) is 7.34. The predicted molar refractivity (Wildman–Crippen MR) is 74.9 cm³/mol. The SMILES string of the molecule is O=C(C1CCCCC1)N1CCCN(CCCl)CC1. The normalized spacial score (nSPS) is 23.9. The summed E-state index contributed by atoms with van der Waals surface area (Å²) in [7, 11) is 0. The van der Waals surface area contributed by atoms with Crippen LogP contribution in [0.15, 0.2) is 0 Å². The highest BCUT2D eigenvalue weighted by Crippen LogP contribution is 2.25. The highest BCUT2D eigenvalue weighted by atomic mass is 35.5. The number of carbonyl (C=O) groups excluding carboxylic acids is 1. The van der Waals surface area contributed by atoms with Crippen molar-refractivity contribution in [2.24, 2.45) is 5.92 Å². The number of halogens is 1.